The highest BCUT2D eigenvalue weighted by Crippen LogP contribution is 2.33. The Hall–Kier alpha value is -0.710. The fourth-order valence-corrected chi connectivity index (χ4v) is 4.43. The molecule has 3 heterocycles. The molecule has 0 spiro atoms. The van der Waals surface area contributed by atoms with Gasteiger partial charge in [-0.15, -0.1) is 11.3 Å². The molecule has 2 aromatic rings. The van der Waals surface area contributed by atoms with Crippen molar-refractivity contribution in [2.24, 2.45) is 5.92 Å². The van der Waals surface area contributed by atoms with Crippen molar-refractivity contribution < 1.29 is 0 Å². The van der Waals surface area contributed by atoms with E-state index in [1.165, 1.54) is 29.7 Å². The minimum atomic E-state index is 0.611. The van der Waals surface area contributed by atoms with Gasteiger partial charge in [-0.25, -0.2) is 9.97 Å². The first-order chi connectivity index (χ1) is 10.0. The van der Waals surface area contributed by atoms with Gasteiger partial charge in [-0.2, -0.15) is 0 Å². The predicted octanol–water partition coefficient (Wildman–Crippen LogP) is 4.58. The molecule has 1 aliphatic heterocycles. The number of halogens is 1. The van der Waals surface area contributed by atoms with Gasteiger partial charge in [-0.1, -0.05) is 18.5 Å². The smallest absolute Gasteiger partial charge is 0.145 e. The molecule has 114 valence electrons. The van der Waals surface area contributed by atoms with Crippen LogP contribution in [0.15, 0.2) is 0 Å². The van der Waals surface area contributed by atoms with Gasteiger partial charge in [0.2, 0.25) is 0 Å². The van der Waals surface area contributed by atoms with Crippen LogP contribution in [0.3, 0.4) is 0 Å². The fourth-order valence-electron chi connectivity index (χ4n) is 2.99. The molecule has 0 radical (unpaired) electrons. The summed E-state index contributed by atoms with van der Waals surface area (Å²) in [6, 6.07) is 0. The first-order valence-electron chi connectivity index (χ1n) is 7.69. The maximum atomic E-state index is 6.39. The van der Waals surface area contributed by atoms with Crippen LogP contribution in [0.4, 0.5) is 0 Å². The van der Waals surface area contributed by atoms with Crippen molar-refractivity contribution in [3.8, 4) is 0 Å². The Morgan fingerprint density at radius 1 is 1.24 bits per heavy atom. The molecule has 1 unspecified atom stereocenters. The molecule has 1 atom stereocenters. The van der Waals surface area contributed by atoms with E-state index in [0.717, 1.165) is 41.6 Å². The number of aromatic nitrogens is 2. The number of fused-ring (bicyclic) bond motifs is 1. The topological polar surface area (TPSA) is 29.0 Å². The monoisotopic (exact) mass is 323 g/mol. The third-order valence-electron chi connectivity index (χ3n) is 4.51. The normalized spacial score (nSPS) is 20.9. The van der Waals surface area contributed by atoms with E-state index >= 15 is 0 Å². The van der Waals surface area contributed by atoms with Crippen LogP contribution in [-0.2, 0) is 6.54 Å². The Balaban J connectivity index is 1.84. The molecular weight excluding hydrogens is 302 g/mol. The summed E-state index contributed by atoms with van der Waals surface area (Å²) >= 11 is 8.11. The van der Waals surface area contributed by atoms with E-state index < -0.39 is 0 Å². The third-order valence-corrected chi connectivity index (χ3v) is 5.88. The summed E-state index contributed by atoms with van der Waals surface area (Å²) in [7, 11) is 0. The van der Waals surface area contributed by atoms with Crippen LogP contribution in [0.2, 0.25) is 5.15 Å². The van der Waals surface area contributed by atoms with Crippen molar-refractivity contribution in [3.63, 3.8) is 0 Å². The van der Waals surface area contributed by atoms with Crippen LogP contribution in [-0.4, -0.2) is 28.0 Å². The number of hydrogen-bond acceptors (Lipinski definition) is 4. The number of nitrogens with zero attached hydrogens (tertiary/aromatic N) is 3. The van der Waals surface area contributed by atoms with E-state index in [2.05, 4.69) is 30.7 Å². The van der Waals surface area contributed by atoms with Gasteiger partial charge < -0.3 is 0 Å². The Labute approximate surface area is 135 Å². The van der Waals surface area contributed by atoms with Crippen molar-refractivity contribution in [2.45, 2.75) is 46.6 Å². The number of thiophene rings is 1. The summed E-state index contributed by atoms with van der Waals surface area (Å²) in [5, 5.41) is 1.65. The Bertz CT molecular complexity index is 652. The molecule has 1 saturated heterocycles. The van der Waals surface area contributed by atoms with E-state index in [0.29, 0.717) is 5.15 Å². The molecule has 0 N–H and O–H groups in total. The van der Waals surface area contributed by atoms with E-state index in [1.54, 1.807) is 11.3 Å². The molecule has 1 aliphatic rings. The predicted molar refractivity (Wildman–Crippen MR) is 90.2 cm³/mol. The van der Waals surface area contributed by atoms with Crippen molar-refractivity contribution in [1.82, 2.24) is 14.9 Å². The first kappa shape index (κ1) is 15.2. The average Bonchev–Trinajstić information content (AvgIpc) is 2.59. The zero-order valence-electron chi connectivity index (χ0n) is 12.9. The standard InChI is InChI=1S/C16H22ClN3S/c1-10-5-4-7-20(8-6-10)9-13-18-15(17)14-11(2)12(3)21-16(14)19-13/h10H,4-9H2,1-3H3. The van der Waals surface area contributed by atoms with Crippen molar-refractivity contribution in [1.29, 1.82) is 0 Å². The van der Waals surface area contributed by atoms with Crippen LogP contribution in [0.25, 0.3) is 10.2 Å². The van der Waals surface area contributed by atoms with Crippen LogP contribution in [0.5, 0.6) is 0 Å². The Morgan fingerprint density at radius 3 is 2.86 bits per heavy atom. The second-order valence-corrected chi connectivity index (χ2v) is 7.77. The summed E-state index contributed by atoms with van der Waals surface area (Å²) in [6.07, 6.45) is 3.88. The van der Waals surface area contributed by atoms with Gasteiger partial charge >= 0.3 is 0 Å². The molecule has 5 heteroatoms. The minimum Gasteiger partial charge on any atom is -0.296 e. The van der Waals surface area contributed by atoms with Crippen LogP contribution < -0.4 is 0 Å². The van der Waals surface area contributed by atoms with Gasteiger partial charge in [0.1, 0.15) is 15.8 Å². The number of hydrogen-bond donors (Lipinski definition) is 0. The van der Waals surface area contributed by atoms with Crippen LogP contribution in [0.1, 0.15) is 42.5 Å². The Morgan fingerprint density at radius 2 is 2.05 bits per heavy atom. The first-order valence-corrected chi connectivity index (χ1v) is 8.88. The molecule has 0 aromatic carbocycles. The third kappa shape index (κ3) is 3.22. The Kier molecular flexibility index (Phi) is 4.48. The van der Waals surface area contributed by atoms with Gasteiger partial charge in [-0.3, -0.25) is 4.90 Å². The average molecular weight is 324 g/mol. The lowest BCUT2D eigenvalue weighted by atomic mass is 10.0. The lowest BCUT2D eigenvalue weighted by molar-refractivity contribution is 0.267. The van der Waals surface area contributed by atoms with Gasteiger partial charge in [0.05, 0.1) is 11.9 Å². The van der Waals surface area contributed by atoms with E-state index in [1.807, 2.05) is 0 Å². The zero-order valence-corrected chi connectivity index (χ0v) is 14.5. The summed E-state index contributed by atoms with van der Waals surface area (Å²) < 4.78 is 0. The van der Waals surface area contributed by atoms with Gasteiger partial charge in [0.25, 0.3) is 0 Å². The molecule has 3 nitrogen and oxygen atoms in total. The van der Waals surface area contributed by atoms with E-state index in [-0.39, 0.29) is 0 Å². The van der Waals surface area contributed by atoms with Crippen molar-refractivity contribution >= 4 is 33.2 Å². The lowest BCUT2D eigenvalue weighted by Crippen LogP contribution is -2.25. The molecule has 0 amide bonds. The van der Waals surface area contributed by atoms with Crippen LogP contribution >= 0.6 is 22.9 Å². The number of aryl methyl sites for hydroxylation is 2. The molecule has 0 aliphatic carbocycles. The highest BCUT2D eigenvalue weighted by atomic mass is 35.5. The van der Waals surface area contributed by atoms with Crippen molar-refractivity contribution in [3.05, 3.63) is 21.4 Å². The SMILES string of the molecule is Cc1sc2nc(CN3CCCC(C)CC3)nc(Cl)c2c1C. The maximum Gasteiger partial charge on any atom is 0.145 e. The lowest BCUT2D eigenvalue weighted by Gasteiger charge is -2.18. The summed E-state index contributed by atoms with van der Waals surface area (Å²) in [5.41, 5.74) is 1.22. The molecule has 0 bridgehead atoms. The second kappa shape index (κ2) is 6.19. The highest BCUT2D eigenvalue weighted by Gasteiger charge is 2.17. The summed E-state index contributed by atoms with van der Waals surface area (Å²) in [5.74, 6) is 1.70. The summed E-state index contributed by atoms with van der Waals surface area (Å²) in [4.78, 5) is 14.1. The molecule has 0 saturated carbocycles. The minimum absolute atomic E-state index is 0.611. The van der Waals surface area contributed by atoms with Crippen LogP contribution in [0, 0.1) is 19.8 Å². The number of rotatable bonds is 2. The summed E-state index contributed by atoms with van der Waals surface area (Å²) in [6.45, 7) is 9.67. The molecule has 2 aromatic heterocycles. The number of likely N-dealkylation sites (tertiary alicyclic amines) is 1. The molecule has 1 fully saturated rings. The van der Waals surface area contributed by atoms with E-state index in [9.17, 15) is 0 Å². The van der Waals surface area contributed by atoms with E-state index in [4.69, 9.17) is 16.6 Å². The van der Waals surface area contributed by atoms with Gasteiger partial charge in [0.15, 0.2) is 0 Å². The largest absolute Gasteiger partial charge is 0.296 e. The maximum absolute atomic E-state index is 6.39. The second-order valence-electron chi connectivity index (χ2n) is 6.21. The molecular formula is C16H22ClN3S. The molecule has 21 heavy (non-hydrogen) atoms. The van der Waals surface area contributed by atoms with Gasteiger partial charge in [0, 0.05) is 4.88 Å². The zero-order chi connectivity index (χ0) is 15.0. The fraction of sp³-hybridized carbons (Fsp3) is 0.625. The van der Waals surface area contributed by atoms with Crippen molar-refractivity contribution in [2.75, 3.05) is 13.1 Å². The quantitative estimate of drug-likeness (QED) is 0.757. The van der Waals surface area contributed by atoms with Gasteiger partial charge in [-0.05, 0) is 57.7 Å². The highest BCUT2D eigenvalue weighted by molar-refractivity contribution is 7.18. The molecule has 3 rings (SSSR count).